The molecule has 1 saturated heterocycles. The van der Waals surface area contributed by atoms with E-state index in [1.807, 2.05) is 7.05 Å². The number of hydrogen-bond donors (Lipinski definition) is 1. The highest BCUT2D eigenvalue weighted by atomic mass is 16.5. The van der Waals surface area contributed by atoms with Crippen LogP contribution in [0.3, 0.4) is 0 Å². The molecule has 0 aromatic carbocycles. The molecule has 1 aromatic rings. The number of carbonyl (C=O) groups excluding carboxylic acids is 1. The molecular formula is C14H21N3O3. The lowest BCUT2D eigenvalue weighted by Crippen LogP contribution is -2.39. The number of pyridine rings is 1. The van der Waals surface area contributed by atoms with Crippen molar-refractivity contribution < 1.29 is 9.53 Å². The normalized spacial score (nSPS) is 22.9. The number of amides is 1. The molecule has 1 amide bonds. The first kappa shape index (κ1) is 14.7. The number of likely N-dealkylation sites (N-methyl/N-ethyl adjacent to an activating group) is 2. The van der Waals surface area contributed by atoms with Gasteiger partial charge in [0.05, 0.1) is 11.7 Å². The van der Waals surface area contributed by atoms with E-state index in [1.54, 1.807) is 25.1 Å². The van der Waals surface area contributed by atoms with Crippen molar-refractivity contribution >= 4 is 5.91 Å². The van der Waals surface area contributed by atoms with Crippen LogP contribution in [0.1, 0.15) is 16.8 Å². The van der Waals surface area contributed by atoms with E-state index in [9.17, 15) is 9.59 Å². The lowest BCUT2D eigenvalue weighted by molar-refractivity contribution is 0.0760. The molecule has 6 heteroatoms. The molecule has 2 rings (SSSR count). The van der Waals surface area contributed by atoms with Crippen LogP contribution < -0.4 is 5.56 Å². The van der Waals surface area contributed by atoms with Gasteiger partial charge < -0.3 is 14.6 Å². The number of rotatable bonds is 4. The average Bonchev–Trinajstić information content (AvgIpc) is 2.79. The minimum absolute atomic E-state index is 0.0875. The molecule has 0 aliphatic carbocycles. The van der Waals surface area contributed by atoms with Gasteiger partial charge in [0, 0.05) is 45.6 Å². The van der Waals surface area contributed by atoms with E-state index in [-0.39, 0.29) is 17.6 Å². The molecule has 1 fully saturated rings. The molecule has 1 aromatic heterocycles. The molecule has 110 valence electrons. The Hall–Kier alpha value is -1.66. The van der Waals surface area contributed by atoms with Crippen molar-refractivity contribution in [3.63, 3.8) is 0 Å². The minimum atomic E-state index is -0.206. The van der Waals surface area contributed by atoms with Gasteiger partial charge in [0.2, 0.25) is 5.56 Å². The molecule has 0 radical (unpaired) electrons. The molecule has 20 heavy (non-hydrogen) atoms. The predicted molar refractivity (Wildman–Crippen MR) is 75.9 cm³/mol. The standard InChI is InChI=1S/C14H21N3O3/c1-16-9-12(20-3)6-11(16)8-17(2)14(19)10-4-5-13(18)15-7-10/h4-5,7,11-12H,6,8-9H2,1-3H3,(H,15,18)/t11-,12-/m0/s1. The van der Waals surface area contributed by atoms with E-state index in [0.29, 0.717) is 18.2 Å². The molecule has 1 aliphatic heterocycles. The van der Waals surface area contributed by atoms with Crippen molar-refractivity contribution in [2.75, 3.05) is 34.3 Å². The van der Waals surface area contributed by atoms with Gasteiger partial charge >= 0.3 is 0 Å². The summed E-state index contributed by atoms with van der Waals surface area (Å²) in [7, 11) is 5.54. The molecule has 0 bridgehead atoms. The third kappa shape index (κ3) is 3.26. The van der Waals surface area contributed by atoms with Crippen LogP contribution in [0.15, 0.2) is 23.1 Å². The second kappa shape index (κ2) is 6.19. The summed E-state index contributed by atoms with van der Waals surface area (Å²) in [5, 5.41) is 0. The second-order valence-electron chi connectivity index (χ2n) is 5.31. The lowest BCUT2D eigenvalue weighted by Gasteiger charge is -2.25. The van der Waals surface area contributed by atoms with Crippen molar-refractivity contribution in [1.29, 1.82) is 0 Å². The van der Waals surface area contributed by atoms with Crippen LogP contribution in [-0.4, -0.2) is 67.1 Å². The molecular weight excluding hydrogens is 258 g/mol. The van der Waals surface area contributed by atoms with Crippen LogP contribution in [-0.2, 0) is 4.74 Å². The number of aromatic amines is 1. The van der Waals surface area contributed by atoms with E-state index in [4.69, 9.17) is 4.74 Å². The Labute approximate surface area is 118 Å². The number of likely N-dealkylation sites (tertiary alicyclic amines) is 1. The topological polar surface area (TPSA) is 65.6 Å². The minimum Gasteiger partial charge on any atom is -0.380 e. The molecule has 2 atom stereocenters. The maximum absolute atomic E-state index is 12.3. The largest absolute Gasteiger partial charge is 0.380 e. The number of H-pyrrole nitrogens is 1. The van der Waals surface area contributed by atoms with Crippen LogP contribution in [0.2, 0.25) is 0 Å². The van der Waals surface area contributed by atoms with Gasteiger partial charge in [-0.3, -0.25) is 14.5 Å². The maximum atomic E-state index is 12.3. The van der Waals surface area contributed by atoms with Gasteiger partial charge in [-0.25, -0.2) is 0 Å². The first-order chi connectivity index (χ1) is 9.51. The van der Waals surface area contributed by atoms with Crippen molar-refractivity contribution in [3.8, 4) is 0 Å². The highest BCUT2D eigenvalue weighted by molar-refractivity contribution is 5.93. The first-order valence-electron chi connectivity index (χ1n) is 6.68. The molecule has 1 aliphatic rings. The van der Waals surface area contributed by atoms with E-state index >= 15 is 0 Å². The highest BCUT2D eigenvalue weighted by Crippen LogP contribution is 2.19. The predicted octanol–water partition coefficient (Wildman–Crippen LogP) is 0.166. The van der Waals surface area contributed by atoms with E-state index in [2.05, 4.69) is 9.88 Å². The van der Waals surface area contributed by atoms with Crippen molar-refractivity contribution in [2.45, 2.75) is 18.6 Å². The summed E-state index contributed by atoms with van der Waals surface area (Å²) in [5.74, 6) is -0.0875. The molecule has 0 spiro atoms. The van der Waals surface area contributed by atoms with E-state index in [0.717, 1.165) is 13.0 Å². The maximum Gasteiger partial charge on any atom is 0.255 e. The highest BCUT2D eigenvalue weighted by Gasteiger charge is 2.31. The Morgan fingerprint density at radius 3 is 2.85 bits per heavy atom. The van der Waals surface area contributed by atoms with Crippen molar-refractivity contribution in [2.24, 2.45) is 0 Å². The Bertz CT molecular complexity index is 508. The summed E-state index contributed by atoms with van der Waals surface area (Å²) >= 11 is 0. The Kier molecular flexibility index (Phi) is 4.57. The van der Waals surface area contributed by atoms with Gasteiger partial charge in [0.1, 0.15) is 0 Å². The van der Waals surface area contributed by atoms with Crippen LogP contribution in [0, 0.1) is 0 Å². The molecule has 0 unspecified atom stereocenters. The zero-order chi connectivity index (χ0) is 14.7. The van der Waals surface area contributed by atoms with Crippen LogP contribution in [0.5, 0.6) is 0 Å². The van der Waals surface area contributed by atoms with E-state index < -0.39 is 0 Å². The van der Waals surface area contributed by atoms with E-state index in [1.165, 1.54) is 12.3 Å². The summed E-state index contributed by atoms with van der Waals surface area (Å²) in [5.41, 5.74) is 0.290. The quantitative estimate of drug-likeness (QED) is 0.853. The molecule has 6 nitrogen and oxygen atoms in total. The number of nitrogens with one attached hydrogen (secondary N) is 1. The SMILES string of the molecule is CO[C@H]1C[C@@H](CN(C)C(=O)c2ccc(=O)[nH]c2)N(C)C1. The summed E-state index contributed by atoms with van der Waals surface area (Å²) in [4.78, 5) is 29.7. The monoisotopic (exact) mass is 279 g/mol. The Morgan fingerprint density at radius 2 is 2.30 bits per heavy atom. The Morgan fingerprint density at radius 1 is 1.55 bits per heavy atom. The third-order valence-electron chi connectivity index (χ3n) is 3.85. The fourth-order valence-corrected chi connectivity index (χ4v) is 2.58. The van der Waals surface area contributed by atoms with Gasteiger partial charge in [-0.2, -0.15) is 0 Å². The fourth-order valence-electron chi connectivity index (χ4n) is 2.58. The van der Waals surface area contributed by atoms with Gasteiger partial charge in [0.25, 0.3) is 5.91 Å². The smallest absolute Gasteiger partial charge is 0.255 e. The van der Waals surface area contributed by atoms with Gasteiger partial charge in [0.15, 0.2) is 0 Å². The number of ether oxygens (including phenoxy) is 1. The first-order valence-corrected chi connectivity index (χ1v) is 6.68. The van der Waals surface area contributed by atoms with Gasteiger partial charge in [-0.1, -0.05) is 0 Å². The average molecular weight is 279 g/mol. The number of hydrogen-bond acceptors (Lipinski definition) is 4. The molecule has 1 N–H and O–H groups in total. The fraction of sp³-hybridized carbons (Fsp3) is 0.571. The van der Waals surface area contributed by atoms with Crippen molar-refractivity contribution in [3.05, 3.63) is 34.2 Å². The van der Waals surface area contributed by atoms with Crippen molar-refractivity contribution in [1.82, 2.24) is 14.8 Å². The van der Waals surface area contributed by atoms with Crippen LogP contribution in [0.4, 0.5) is 0 Å². The summed E-state index contributed by atoms with van der Waals surface area (Å²) < 4.78 is 5.37. The number of nitrogens with zero attached hydrogens (tertiary/aromatic N) is 2. The van der Waals surface area contributed by atoms with Crippen LogP contribution in [0.25, 0.3) is 0 Å². The van der Waals surface area contributed by atoms with Gasteiger partial charge in [-0.05, 0) is 19.5 Å². The Balaban J connectivity index is 1.97. The third-order valence-corrected chi connectivity index (χ3v) is 3.85. The summed E-state index contributed by atoms with van der Waals surface area (Å²) in [6, 6.07) is 3.22. The number of aromatic nitrogens is 1. The summed E-state index contributed by atoms with van der Waals surface area (Å²) in [6.07, 6.45) is 2.62. The zero-order valence-electron chi connectivity index (χ0n) is 12.1. The van der Waals surface area contributed by atoms with Crippen LogP contribution >= 0.6 is 0 Å². The molecule has 0 saturated carbocycles. The second-order valence-corrected chi connectivity index (χ2v) is 5.31. The number of methoxy groups -OCH3 is 1. The molecule has 2 heterocycles. The summed E-state index contributed by atoms with van der Waals surface area (Å²) in [6.45, 7) is 1.54. The lowest BCUT2D eigenvalue weighted by atomic mass is 10.1. The number of carbonyl (C=O) groups is 1. The van der Waals surface area contributed by atoms with Gasteiger partial charge in [-0.15, -0.1) is 0 Å². The zero-order valence-corrected chi connectivity index (χ0v) is 12.1.